The summed E-state index contributed by atoms with van der Waals surface area (Å²) in [7, 11) is 3.65. The van der Waals surface area contributed by atoms with E-state index < -0.39 is 15.8 Å². The van der Waals surface area contributed by atoms with Crippen LogP contribution >= 0.6 is 15.8 Å². The Bertz CT molecular complexity index is 2690. The molecule has 8 fully saturated rings. The van der Waals surface area contributed by atoms with E-state index in [-0.39, 0.29) is 66.0 Å². The van der Waals surface area contributed by atoms with Crippen molar-refractivity contribution >= 4 is 26.5 Å². The van der Waals surface area contributed by atoms with Gasteiger partial charge in [-0.05, 0) is 265 Å². The first-order valence-electron chi connectivity index (χ1n) is 34.9. The van der Waals surface area contributed by atoms with Crippen molar-refractivity contribution in [2.75, 3.05) is 21.3 Å². The molecule has 3 nitrogen and oxygen atoms in total. The SMILES string of the molecule is CCC.CCC.COc1ccc(C)c(-c2c(C(C)C)cc(C(C)C)cc2C(C)C)c1[PH+](C(C)(C)C)C(C)(C)C.COc1ccc(OC)c([PH+](C23CC4CC(CC(C4)C2)C3)C23CC4CC(CC(C4)C2)C3)c1-c1c(C(C)C)cc(C(C)C)cc1C(C)C.[CH3-].[CH3-].[Pd+2].[Pd+2]. The number of benzene rings is 4. The second-order valence-electron chi connectivity index (χ2n) is 32.7. The van der Waals surface area contributed by atoms with Gasteiger partial charge in [-0.15, -0.1) is 0 Å². The summed E-state index contributed by atoms with van der Waals surface area (Å²) in [6, 6.07) is 19.2. The summed E-state index contributed by atoms with van der Waals surface area (Å²) < 4.78 is 19.3. The molecule has 0 atom stereocenters. The number of aryl methyl sites for hydroxylation is 1. The molecule has 8 bridgehead atoms. The van der Waals surface area contributed by atoms with Gasteiger partial charge in [-0.3, -0.25) is 0 Å². The smallest absolute Gasteiger partial charge is 0.496 e. The third-order valence-electron chi connectivity index (χ3n) is 21.1. The Balaban J connectivity index is 0.000000429. The van der Waals surface area contributed by atoms with Gasteiger partial charge in [0.2, 0.25) is 0 Å². The largest absolute Gasteiger partial charge is 2.00 e. The van der Waals surface area contributed by atoms with Gasteiger partial charge in [0.05, 0.1) is 55.4 Å². The number of ether oxygens (including phenoxy) is 3. The van der Waals surface area contributed by atoms with Crippen LogP contribution in [0.4, 0.5) is 0 Å². The summed E-state index contributed by atoms with van der Waals surface area (Å²) in [5.74, 6) is 11.9. The van der Waals surface area contributed by atoms with E-state index in [1.165, 1.54) is 162 Å². The monoisotopic (exact) mass is 1440 g/mol. The molecule has 0 saturated heterocycles. The Hall–Kier alpha value is -1.54. The molecule has 7 heteroatoms. The minimum Gasteiger partial charge on any atom is -0.496 e. The average molecular weight is 1440 g/mol. The van der Waals surface area contributed by atoms with Gasteiger partial charge in [0, 0.05) is 13.5 Å². The van der Waals surface area contributed by atoms with Crippen molar-refractivity contribution in [2.24, 2.45) is 35.5 Å². The molecule has 12 rings (SSSR count). The molecular formula is C82H134O3P2Pd2+4. The van der Waals surface area contributed by atoms with Crippen LogP contribution in [0.2, 0.25) is 0 Å². The van der Waals surface area contributed by atoms with E-state index >= 15 is 0 Å². The van der Waals surface area contributed by atoms with Crippen molar-refractivity contribution in [3.63, 3.8) is 0 Å². The van der Waals surface area contributed by atoms with Crippen molar-refractivity contribution in [2.45, 2.75) is 305 Å². The maximum absolute atomic E-state index is 6.65. The maximum atomic E-state index is 6.65. The van der Waals surface area contributed by atoms with Gasteiger partial charge in [-0.2, -0.15) is 0 Å². The van der Waals surface area contributed by atoms with Crippen LogP contribution in [0.5, 0.6) is 17.2 Å². The molecule has 89 heavy (non-hydrogen) atoms. The molecule has 8 aliphatic carbocycles. The fourth-order valence-corrected chi connectivity index (χ4v) is 29.9. The third kappa shape index (κ3) is 17.4. The summed E-state index contributed by atoms with van der Waals surface area (Å²) >= 11 is 0. The van der Waals surface area contributed by atoms with Gasteiger partial charge in [0.25, 0.3) is 0 Å². The Morgan fingerprint density at radius 2 is 0.663 bits per heavy atom. The van der Waals surface area contributed by atoms with E-state index in [1.54, 1.807) is 5.30 Å². The molecule has 8 saturated carbocycles. The van der Waals surface area contributed by atoms with Crippen molar-refractivity contribution < 1.29 is 55.1 Å². The first-order chi connectivity index (χ1) is 39.9. The summed E-state index contributed by atoms with van der Waals surface area (Å²) in [6.45, 7) is 53.8. The van der Waals surface area contributed by atoms with Crippen LogP contribution in [0, 0.1) is 57.3 Å². The Kier molecular flexibility index (Phi) is 30.7. The second-order valence-corrected chi connectivity index (χ2v) is 40.3. The fourth-order valence-electron chi connectivity index (χ4n) is 19.1. The molecule has 0 spiro atoms. The topological polar surface area (TPSA) is 27.7 Å². The van der Waals surface area contributed by atoms with E-state index in [1.807, 2.05) is 21.3 Å². The molecule has 4 aromatic rings. The molecule has 4 aromatic carbocycles. The molecule has 506 valence electrons. The summed E-state index contributed by atoms with van der Waals surface area (Å²) in [5.41, 5.74) is 16.1. The minimum atomic E-state index is -1.08. The first kappa shape index (κ1) is 81.7. The molecule has 0 radical (unpaired) electrons. The van der Waals surface area contributed by atoms with Crippen molar-refractivity contribution in [3.8, 4) is 39.5 Å². The zero-order chi connectivity index (χ0) is 63.0. The number of rotatable bonds is 15. The Morgan fingerprint density at radius 1 is 0.404 bits per heavy atom. The molecule has 0 unspecified atom stereocenters. The van der Waals surface area contributed by atoms with E-state index in [0.717, 1.165) is 47.0 Å². The maximum Gasteiger partial charge on any atom is 2.00 e. The predicted octanol–water partition coefficient (Wildman–Crippen LogP) is 24.7. The molecule has 0 N–H and O–H groups in total. The average Bonchev–Trinajstić information content (AvgIpc) is 0.696. The third-order valence-corrected chi connectivity index (χ3v) is 29.4. The molecule has 0 aromatic heterocycles. The number of methoxy groups -OCH3 is 3. The van der Waals surface area contributed by atoms with Crippen LogP contribution in [0.1, 0.15) is 317 Å². The van der Waals surface area contributed by atoms with Gasteiger partial charge >= 0.3 is 40.8 Å². The molecule has 0 amide bonds. The van der Waals surface area contributed by atoms with Gasteiger partial charge in [-0.25, -0.2) is 0 Å². The number of hydrogen-bond acceptors (Lipinski definition) is 3. The first-order valence-corrected chi connectivity index (χ1v) is 37.9. The van der Waals surface area contributed by atoms with Gasteiger partial charge in [0.1, 0.15) is 16.4 Å². The zero-order valence-electron chi connectivity index (χ0n) is 62.3. The standard InChI is InChI=1S/C43H61O2P.C31H49OP.2C3H8.2CH3.2Pd/c1-25(2)34-17-35(26(3)4)39(36(18-34)27(5)6)40-37(44-7)9-10-38(45-8)41(40)46(42-19-28-11-29(20-42)13-30(12-28)21-42)43-22-31-14-32(23-43)16-33(15-31)24-43;1-19(2)23-17-24(20(3)4)28(25(18-23)21(5)6)27-22(7)15-16-26(32-14)29(27)33(30(8,9)10)31(11,12)13;2*1-3-2;;;;/h9-10,17-18,25-33H,11-16,19-24H2,1-8H3;15-21H,1-14H3;2*3H2,1-2H3;2*1H3;;/q;;;;2*-1;2*+2/p+2. The summed E-state index contributed by atoms with van der Waals surface area (Å²) in [4.78, 5) is 0. The van der Waals surface area contributed by atoms with Crippen LogP contribution in [-0.2, 0) is 40.8 Å². The predicted molar refractivity (Wildman–Crippen MR) is 395 cm³/mol. The van der Waals surface area contributed by atoms with Gasteiger partial charge in [0.15, 0.2) is 11.5 Å². The zero-order valence-corrected chi connectivity index (χ0v) is 67.4. The van der Waals surface area contributed by atoms with Crippen LogP contribution in [0.3, 0.4) is 0 Å². The fraction of sp³-hybridized carbons (Fsp3) is 0.683. The molecule has 8 aliphatic rings. The molecule has 0 heterocycles. The number of hydrogen-bond donors (Lipinski definition) is 0. The van der Waals surface area contributed by atoms with Crippen LogP contribution < -0.4 is 24.8 Å². The quantitative estimate of drug-likeness (QED) is 0.0674. The van der Waals surface area contributed by atoms with E-state index in [9.17, 15) is 0 Å². The van der Waals surface area contributed by atoms with Gasteiger partial charge < -0.3 is 29.1 Å². The van der Waals surface area contributed by atoms with Gasteiger partial charge in [-0.1, -0.05) is 154 Å². The normalized spacial score (nSPS) is 24.0. The summed E-state index contributed by atoms with van der Waals surface area (Å²) in [5, 5.41) is 4.50. The van der Waals surface area contributed by atoms with E-state index in [2.05, 4.69) is 208 Å². The van der Waals surface area contributed by atoms with E-state index in [0.29, 0.717) is 45.8 Å². The second kappa shape index (κ2) is 33.4. The Morgan fingerprint density at radius 3 is 0.921 bits per heavy atom. The van der Waals surface area contributed by atoms with E-state index in [4.69, 9.17) is 14.2 Å². The van der Waals surface area contributed by atoms with Crippen molar-refractivity contribution in [1.29, 1.82) is 0 Å². The summed E-state index contributed by atoms with van der Waals surface area (Å²) in [6.07, 6.45) is 20.6. The van der Waals surface area contributed by atoms with Crippen molar-refractivity contribution in [3.05, 3.63) is 102 Å². The van der Waals surface area contributed by atoms with Crippen LogP contribution in [0.25, 0.3) is 22.3 Å². The minimum absolute atomic E-state index is 0. The van der Waals surface area contributed by atoms with Crippen LogP contribution in [0.15, 0.2) is 48.5 Å². The molecular weight excluding hydrogens is 1310 g/mol. The van der Waals surface area contributed by atoms with Crippen LogP contribution in [-0.4, -0.2) is 42.0 Å². The Labute approximate surface area is 581 Å². The van der Waals surface area contributed by atoms with Crippen molar-refractivity contribution in [1.82, 2.24) is 0 Å². The molecule has 0 aliphatic heterocycles.